The lowest BCUT2D eigenvalue weighted by atomic mass is 10.1. The monoisotopic (exact) mass is 403 g/mol. The smallest absolute Gasteiger partial charge is 0.194 e. The summed E-state index contributed by atoms with van der Waals surface area (Å²) >= 11 is 0. The van der Waals surface area contributed by atoms with E-state index in [2.05, 4.69) is 41.4 Å². The Morgan fingerprint density at radius 2 is 2.00 bits per heavy atom. The van der Waals surface area contributed by atoms with E-state index in [0.29, 0.717) is 6.61 Å². The molecular formula is C16H26IN3O. The second-order valence-electron chi connectivity index (χ2n) is 5.12. The minimum atomic E-state index is 0. The lowest BCUT2D eigenvalue weighted by Crippen LogP contribution is -2.39. The van der Waals surface area contributed by atoms with Crippen LogP contribution in [0.4, 0.5) is 0 Å². The minimum Gasteiger partial charge on any atom is -0.380 e. The zero-order valence-electron chi connectivity index (χ0n) is 13.0. The molecule has 1 aliphatic rings. The van der Waals surface area contributed by atoms with Crippen LogP contribution in [0.15, 0.2) is 29.3 Å². The van der Waals surface area contributed by atoms with Gasteiger partial charge in [0.1, 0.15) is 0 Å². The Balaban J connectivity index is 0.00000220. The molecule has 118 valence electrons. The van der Waals surface area contributed by atoms with Crippen molar-refractivity contribution >= 4 is 29.9 Å². The van der Waals surface area contributed by atoms with Crippen LogP contribution in [0.3, 0.4) is 0 Å². The number of ether oxygens (including phenoxy) is 1. The summed E-state index contributed by atoms with van der Waals surface area (Å²) in [6.45, 7) is 6.65. The number of hydrogen-bond acceptors (Lipinski definition) is 2. The van der Waals surface area contributed by atoms with Crippen LogP contribution >= 0.6 is 24.0 Å². The number of halogens is 1. The van der Waals surface area contributed by atoms with Gasteiger partial charge in [-0.1, -0.05) is 24.3 Å². The standard InChI is InChI=1S/C16H25N3O.HI/c1-3-17-16(19-9-4-5-10-19)18-12-14-7-6-8-15(11-14)13-20-2;/h6-8,11H,3-5,9-10,12-13H2,1-2H3,(H,17,18);1H. The summed E-state index contributed by atoms with van der Waals surface area (Å²) in [6, 6.07) is 8.45. The van der Waals surface area contributed by atoms with Crippen molar-refractivity contribution in [1.82, 2.24) is 10.2 Å². The first kappa shape index (κ1) is 18.2. The Kier molecular flexibility index (Phi) is 8.68. The molecule has 1 aliphatic heterocycles. The SMILES string of the molecule is CCNC(=NCc1cccc(COC)c1)N1CCCC1.I. The van der Waals surface area contributed by atoms with Crippen molar-refractivity contribution in [3.63, 3.8) is 0 Å². The summed E-state index contributed by atoms with van der Waals surface area (Å²) in [7, 11) is 1.72. The molecule has 0 unspecified atom stereocenters. The first-order valence-electron chi connectivity index (χ1n) is 7.43. The van der Waals surface area contributed by atoms with Crippen LogP contribution in [0.5, 0.6) is 0 Å². The Bertz CT molecular complexity index is 445. The van der Waals surface area contributed by atoms with Crippen molar-refractivity contribution in [3.8, 4) is 0 Å². The van der Waals surface area contributed by atoms with Crippen molar-refractivity contribution in [2.75, 3.05) is 26.7 Å². The molecule has 0 aliphatic carbocycles. The average molecular weight is 403 g/mol. The third kappa shape index (κ3) is 5.82. The van der Waals surface area contributed by atoms with E-state index in [1.165, 1.54) is 24.0 Å². The van der Waals surface area contributed by atoms with E-state index in [4.69, 9.17) is 9.73 Å². The summed E-state index contributed by atoms with van der Waals surface area (Å²) in [5.41, 5.74) is 2.43. The maximum absolute atomic E-state index is 5.17. The number of hydrogen-bond donors (Lipinski definition) is 1. The van der Waals surface area contributed by atoms with Gasteiger partial charge in [0.2, 0.25) is 0 Å². The van der Waals surface area contributed by atoms with Crippen LogP contribution in [0.2, 0.25) is 0 Å². The van der Waals surface area contributed by atoms with Crippen LogP contribution in [0, 0.1) is 0 Å². The minimum absolute atomic E-state index is 0. The summed E-state index contributed by atoms with van der Waals surface area (Å²) in [6.07, 6.45) is 2.54. The number of guanidine groups is 1. The first-order valence-corrected chi connectivity index (χ1v) is 7.43. The Morgan fingerprint density at radius 3 is 2.67 bits per heavy atom. The van der Waals surface area contributed by atoms with Gasteiger partial charge in [-0.3, -0.25) is 0 Å². The molecule has 2 rings (SSSR count). The third-order valence-corrected chi connectivity index (χ3v) is 3.45. The van der Waals surface area contributed by atoms with Gasteiger partial charge in [-0.05, 0) is 30.9 Å². The fraction of sp³-hybridized carbons (Fsp3) is 0.562. The largest absolute Gasteiger partial charge is 0.380 e. The quantitative estimate of drug-likeness (QED) is 0.467. The van der Waals surface area contributed by atoms with Crippen molar-refractivity contribution in [2.45, 2.75) is 32.9 Å². The van der Waals surface area contributed by atoms with Crippen LogP contribution in [0.1, 0.15) is 30.9 Å². The first-order chi connectivity index (χ1) is 9.83. The highest BCUT2D eigenvalue weighted by molar-refractivity contribution is 14.0. The number of nitrogens with one attached hydrogen (secondary N) is 1. The second kappa shape index (κ2) is 10.00. The van der Waals surface area contributed by atoms with Crippen LogP contribution < -0.4 is 5.32 Å². The molecule has 0 amide bonds. The van der Waals surface area contributed by atoms with Gasteiger partial charge < -0.3 is 15.0 Å². The molecule has 1 N–H and O–H groups in total. The maximum atomic E-state index is 5.17. The molecule has 1 fully saturated rings. The average Bonchev–Trinajstić information content (AvgIpc) is 2.98. The molecule has 5 heteroatoms. The molecule has 1 aromatic carbocycles. The van der Waals surface area contributed by atoms with Crippen LogP contribution in [-0.2, 0) is 17.9 Å². The van der Waals surface area contributed by atoms with Gasteiger partial charge in [-0.15, -0.1) is 24.0 Å². The molecule has 0 spiro atoms. The molecular weight excluding hydrogens is 377 g/mol. The Hall–Kier alpha value is -0.820. The van der Waals surface area contributed by atoms with Gasteiger partial charge in [-0.25, -0.2) is 4.99 Å². The fourth-order valence-electron chi connectivity index (χ4n) is 2.51. The molecule has 4 nitrogen and oxygen atoms in total. The van der Waals surface area contributed by atoms with E-state index in [1.807, 2.05) is 0 Å². The number of benzene rings is 1. The second-order valence-corrected chi connectivity index (χ2v) is 5.12. The highest BCUT2D eigenvalue weighted by Gasteiger charge is 2.15. The maximum Gasteiger partial charge on any atom is 0.194 e. The molecule has 1 aromatic rings. The topological polar surface area (TPSA) is 36.9 Å². The number of methoxy groups -OCH3 is 1. The number of rotatable bonds is 5. The normalized spacial score (nSPS) is 15.0. The van der Waals surface area contributed by atoms with Gasteiger partial charge in [0.05, 0.1) is 13.2 Å². The van der Waals surface area contributed by atoms with Gasteiger partial charge in [0, 0.05) is 26.7 Å². The van der Waals surface area contributed by atoms with E-state index in [-0.39, 0.29) is 24.0 Å². The lowest BCUT2D eigenvalue weighted by molar-refractivity contribution is 0.185. The summed E-state index contributed by atoms with van der Waals surface area (Å²) in [4.78, 5) is 7.11. The molecule has 1 heterocycles. The summed E-state index contributed by atoms with van der Waals surface area (Å²) in [5.74, 6) is 1.04. The number of nitrogens with zero attached hydrogens (tertiary/aromatic N) is 2. The lowest BCUT2D eigenvalue weighted by Gasteiger charge is -2.20. The zero-order chi connectivity index (χ0) is 14.2. The number of likely N-dealkylation sites (tertiary alicyclic amines) is 1. The van der Waals surface area contributed by atoms with Crippen LogP contribution in [0.25, 0.3) is 0 Å². The van der Waals surface area contributed by atoms with E-state index in [0.717, 1.165) is 32.1 Å². The molecule has 0 aromatic heterocycles. The van der Waals surface area contributed by atoms with Gasteiger partial charge >= 0.3 is 0 Å². The van der Waals surface area contributed by atoms with Crippen molar-refractivity contribution in [1.29, 1.82) is 0 Å². The number of aliphatic imine (C=N–C) groups is 1. The molecule has 1 saturated heterocycles. The van der Waals surface area contributed by atoms with Crippen molar-refractivity contribution in [2.24, 2.45) is 4.99 Å². The van der Waals surface area contributed by atoms with E-state index >= 15 is 0 Å². The van der Waals surface area contributed by atoms with E-state index in [1.54, 1.807) is 7.11 Å². The van der Waals surface area contributed by atoms with Gasteiger partial charge in [0.25, 0.3) is 0 Å². The van der Waals surface area contributed by atoms with Gasteiger partial charge in [-0.2, -0.15) is 0 Å². The predicted octanol–water partition coefficient (Wildman–Crippen LogP) is 3.01. The molecule has 0 atom stereocenters. The fourth-order valence-corrected chi connectivity index (χ4v) is 2.51. The van der Waals surface area contributed by atoms with Gasteiger partial charge in [0.15, 0.2) is 5.96 Å². The Morgan fingerprint density at radius 1 is 1.29 bits per heavy atom. The molecule has 0 saturated carbocycles. The van der Waals surface area contributed by atoms with Crippen molar-refractivity contribution < 1.29 is 4.74 Å². The van der Waals surface area contributed by atoms with Crippen molar-refractivity contribution in [3.05, 3.63) is 35.4 Å². The Labute approximate surface area is 145 Å². The van der Waals surface area contributed by atoms with E-state index < -0.39 is 0 Å². The molecule has 0 bridgehead atoms. The summed E-state index contributed by atoms with van der Waals surface area (Å²) in [5, 5.41) is 3.39. The zero-order valence-corrected chi connectivity index (χ0v) is 15.3. The highest BCUT2D eigenvalue weighted by atomic mass is 127. The molecule has 21 heavy (non-hydrogen) atoms. The van der Waals surface area contributed by atoms with Crippen LogP contribution in [-0.4, -0.2) is 37.6 Å². The predicted molar refractivity (Wildman–Crippen MR) is 98.2 cm³/mol. The molecule has 0 radical (unpaired) electrons. The third-order valence-electron chi connectivity index (χ3n) is 3.45. The van der Waals surface area contributed by atoms with E-state index in [9.17, 15) is 0 Å². The summed E-state index contributed by atoms with van der Waals surface area (Å²) < 4.78 is 5.17. The highest BCUT2D eigenvalue weighted by Crippen LogP contribution is 2.10.